The molecule has 1 rings (SSSR count). The minimum Gasteiger partial charge on any atom is -0.110 e. The number of alkyl halides is 1. The average Bonchev–Trinajstić information content (AvgIpc) is 1.97. The minimum atomic E-state index is -0.381. The summed E-state index contributed by atoms with van der Waals surface area (Å²) in [5.74, 6) is 0.332. The van der Waals surface area contributed by atoms with Crippen LogP contribution in [0.2, 0.25) is 0 Å². The molecule has 12 heavy (non-hydrogen) atoms. The zero-order chi connectivity index (χ0) is 9.52. The Morgan fingerprint density at radius 2 is 1.92 bits per heavy atom. The third-order valence-corrected chi connectivity index (χ3v) is 3.66. The second-order valence-electron chi connectivity index (χ2n) is 3.66. The van der Waals surface area contributed by atoms with Gasteiger partial charge in [-0.05, 0) is 26.3 Å². The zero-order valence-electron chi connectivity index (χ0n) is 7.91. The first-order valence-electron chi connectivity index (χ1n) is 4.11. The average molecular weight is 205 g/mol. The lowest BCUT2D eigenvalue weighted by molar-refractivity contribution is 0.742. The molecule has 0 radical (unpaired) electrons. The first kappa shape index (κ1) is 10.1. The number of allylic oxidation sites excluding steroid dienone is 4. The van der Waals surface area contributed by atoms with Crippen LogP contribution in [0, 0.1) is 5.92 Å². The molecule has 1 aliphatic carbocycles. The number of halogens is 2. The van der Waals surface area contributed by atoms with Crippen molar-refractivity contribution < 1.29 is 0 Å². The van der Waals surface area contributed by atoms with Crippen LogP contribution in [-0.2, 0) is 0 Å². The molecule has 0 aliphatic heterocycles. The van der Waals surface area contributed by atoms with Gasteiger partial charge >= 0.3 is 0 Å². The summed E-state index contributed by atoms with van der Waals surface area (Å²) in [6.07, 6.45) is 2.08. The predicted octanol–water partition coefficient (Wildman–Crippen LogP) is 4.09. The maximum Gasteiger partial charge on any atom is 0.0821 e. The molecule has 1 aliphatic rings. The van der Waals surface area contributed by atoms with Crippen molar-refractivity contribution in [3.8, 4) is 0 Å². The summed E-state index contributed by atoms with van der Waals surface area (Å²) in [5, 5.41) is 0.896. The molecule has 0 amide bonds. The van der Waals surface area contributed by atoms with Crippen molar-refractivity contribution in [1.29, 1.82) is 0 Å². The quantitative estimate of drug-likeness (QED) is 0.412. The highest BCUT2D eigenvalue weighted by molar-refractivity contribution is 6.33. The Bertz CT molecular complexity index is 259. The molecule has 0 aromatic carbocycles. The van der Waals surface area contributed by atoms with Crippen LogP contribution in [-0.4, -0.2) is 4.87 Å². The van der Waals surface area contributed by atoms with Crippen LogP contribution >= 0.6 is 23.2 Å². The molecule has 2 heteroatoms. The highest BCUT2D eigenvalue weighted by Gasteiger charge is 2.30. The highest BCUT2D eigenvalue weighted by atomic mass is 35.5. The molecule has 0 aromatic heterocycles. The summed E-state index contributed by atoms with van der Waals surface area (Å²) in [6, 6.07) is 0. The van der Waals surface area contributed by atoms with Gasteiger partial charge in [0.1, 0.15) is 0 Å². The van der Waals surface area contributed by atoms with Crippen molar-refractivity contribution in [2.75, 3.05) is 0 Å². The lowest BCUT2D eigenvalue weighted by Crippen LogP contribution is -2.23. The summed E-state index contributed by atoms with van der Waals surface area (Å²) in [6.45, 7) is 8.14. The largest absolute Gasteiger partial charge is 0.110 e. The van der Waals surface area contributed by atoms with E-state index >= 15 is 0 Å². The van der Waals surface area contributed by atoms with Gasteiger partial charge in [0.05, 0.1) is 4.87 Å². The van der Waals surface area contributed by atoms with E-state index in [-0.39, 0.29) is 4.87 Å². The Kier molecular flexibility index (Phi) is 2.60. The molecule has 2 atom stereocenters. The van der Waals surface area contributed by atoms with E-state index in [9.17, 15) is 0 Å². The van der Waals surface area contributed by atoms with Gasteiger partial charge in [-0.15, -0.1) is 11.6 Å². The second kappa shape index (κ2) is 3.08. The van der Waals surface area contributed by atoms with Gasteiger partial charge in [0.15, 0.2) is 0 Å². The Morgan fingerprint density at radius 1 is 1.42 bits per heavy atom. The fourth-order valence-electron chi connectivity index (χ4n) is 1.42. The van der Waals surface area contributed by atoms with E-state index in [2.05, 4.69) is 19.9 Å². The molecule has 0 saturated carbocycles. The van der Waals surface area contributed by atoms with Gasteiger partial charge in [-0.1, -0.05) is 30.2 Å². The summed E-state index contributed by atoms with van der Waals surface area (Å²) >= 11 is 12.4. The van der Waals surface area contributed by atoms with Crippen LogP contribution in [0.3, 0.4) is 0 Å². The molecule has 2 unspecified atom stereocenters. The van der Waals surface area contributed by atoms with E-state index in [1.165, 1.54) is 5.57 Å². The Hall–Kier alpha value is 0.0600. The van der Waals surface area contributed by atoms with Crippen LogP contribution in [0.1, 0.15) is 27.7 Å². The number of rotatable bonds is 0. The summed E-state index contributed by atoms with van der Waals surface area (Å²) in [5.41, 5.74) is 2.33. The molecular formula is C10H14Cl2. The van der Waals surface area contributed by atoms with E-state index in [1.54, 1.807) is 0 Å². The molecule has 0 bridgehead atoms. The highest BCUT2D eigenvalue weighted by Crippen LogP contribution is 2.40. The SMILES string of the molecule is CC1=CC(C)(Cl)C(C)=C(Cl)C1C. The predicted molar refractivity (Wildman–Crippen MR) is 55.7 cm³/mol. The first-order chi connectivity index (χ1) is 5.36. The van der Waals surface area contributed by atoms with Gasteiger partial charge in [0.25, 0.3) is 0 Å². The van der Waals surface area contributed by atoms with Gasteiger partial charge < -0.3 is 0 Å². The molecule has 0 aromatic rings. The molecule has 0 N–H and O–H groups in total. The maximum absolute atomic E-state index is 6.26. The lowest BCUT2D eigenvalue weighted by atomic mass is 9.85. The molecule has 0 heterocycles. The van der Waals surface area contributed by atoms with Crippen molar-refractivity contribution in [2.45, 2.75) is 32.6 Å². The van der Waals surface area contributed by atoms with E-state index < -0.39 is 0 Å². The first-order valence-corrected chi connectivity index (χ1v) is 4.87. The van der Waals surface area contributed by atoms with Crippen molar-refractivity contribution in [3.05, 3.63) is 22.3 Å². The van der Waals surface area contributed by atoms with E-state index in [1.807, 2.05) is 13.8 Å². The maximum atomic E-state index is 6.26. The number of hydrogen-bond donors (Lipinski definition) is 0. The van der Waals surface area contributed by atoms with Crippen molar-refractivity contribution in [1.82, 2.24) is 0 Å². The topological polar surface area (TPSA) is 0 Å². The van der Waals surface area contributed by atoms with Crippen LogP contribution in [0.15, 0.2) is 22.3 Å². The fraction of sp³-hybridized carbons (Fsp3) is 0.600. The second-order valence-corrected chi connectivity index (χ2v) is 4.85. The van der Waals surface area contributed by atoms with Crippen molar-refractivity contribution >= 4 is 23.2 Å². The van der Waals surface area contributed by atoms with E-state index in [0.717, 1.165) is 10.6 Å². The van der Waals surface area contributed by atoms with E-state index in [4.69, 9.17) is 23.2 Å². The standard InChI is InChI=1S/C10H14Cl2/c1-6-5-10(4,12)8(3)9(11)7(6)2/h5,7H,1-4H3. The minimum absolute atomic E-state index is 0.332. The van der Waals surface area contributed by atoms with Crippen LogP contribution in [0.5, 0.6) is 0 Å². The van der Waals surface area contributed by atoms with Crippen LogP contribution in [0.25, 0.3) is 0 Å². The smallest absolute Gasteiger partial charge is 0.0821 e. The van der Waals surface area contributed by atoms with Crippen molar-refractivity contribution in [3.63, 3.8) is 0 Å². The van der Waals surface area contributed by atoms with Gasteiger partial charge in [0.2, 0.25) is 0 Å². The Labute approximate surface area is 84.2 Å². The molecule has 0 spiro atoms. The van der Waals surface area contributed by atoms with Gasteiger partial charge in [0, 0.05) is 11.0 Å². The van der Waals surface area contributed by atoms with E-state index in [0.29, 0.717) is 5.92 Å². The van der Waals surface area contributed by atoms with Crippen molar-refractivity contribution in [2.24, 2.45) is 5.92 Å². The van der Waals surface area contributed by atoms with Gasteiger partial charge in [-0.25, -0.2) is 0 Å². The lowest BCUT2D eigenvalue weighted by Gasteiger charge is -2.30. The summed E-state index contributed by atoms with van der Waals surface area (Å²) in [4.78, 5) is -0.381. The third-order valence-electron chi connectivity index (χ3n) is 2.65. The number of hydrogen-bond acceptors (Lipinski definition) is 0. The normalized spacial score (nSPS) is 36.8. The molecular weight excluding hydrogens is 191 g/mol. The molecule has 0 saturated heterocycles. The van der Waals surface area contributed by atoms with Gasteiger partial charge in [-0.2, -0.15) is 0 Å². The van der Waals surface area contributed by atoms with Gasteiger partial charge in [-0.3, -0.25) is 0 Å². The van der Waals surface area contributed by atoms with Crippen LogP contribution in [0.4, 0.5) is 0 Å². The van der Waals surface area contributed by atoms with Crippen LogP contribution < -0.4 is 0 Å². The zero-order valence-corrected chi connectivity index (χ0v) is 9.42. The monoisotopic (exact) mass is 204 g/mol. The Balaban J connectivity index is 3.15. The Morgan fingerprint density at radius 3 is 2.42 bits per heavy atom. The molecule has 0 fully saturated rings. The third kappa shape index (κ3) is 1.55. The molecule has 68 valence electrons. The summed E-state index contributed by atoms with van der Waals surface area (Å²) < 4.78 is 0. The molecule has 0 nitrogen and oxygen atoms in total. The fourth-order valence-corrected chi connectivity index (χ4v) is 2.11. The summed E-state index contributed by atoms with van der Waals surface area (Å²) in [7, 11) is 0.